The van der Waals surface area contributed by atoms with Crippen LogP contribution in [0, 0.1) is 0 Å². The average molecular weight is 335 g/mol. The van der Waals surface area contributed by atoms with Crippen molar-refractivity contribution in [3.05, 3.63) is 58.1 Å². The predicted octanol–water partition coefficient (Wildman–Crippen LogP) is 3.50. The number of aliphatic hydroxyl groups excluding tert-OH is 1. The molecule has 0 amide bonds. The van der Waals surface area contributed by atoms with Gasteiger partial charge in [0.1, 0.15) is 13.2 Å². The third-order valence-electron chi connectivity index (χ3n) is 3.29. The van der Waals surface area contributed by atoms with E-state index in [1.54, 1.807) is 0 Å². The first-order valence-electron chi connectivity index (χ1n) is 6.55. The van der Waals surface area contributed by atoms with Gasteiger partial charge in [-0.25, -0.2) is 0 Å². The van der Waals surface area contributed by atoms with Crippen LogP contribution in [0.25, 0.3) is 0 Å². The fourth-order valence-corrected chi connectivity index (χ4v) is 2.87. The first-order valence-corrected chi connectivity index (χ1v) is 7.34. The van der Waals surface area contributed by atoms with Gasteiger partial charge in [0.15, 0.2) is 11.5 Å². The third-order valence-corrected chi connectivity index (χ3v) is 3.98. The molecule has 0 spiro atoms. The van der Waals surface area contributed by atoms with E-state index in [0.717, 1.165) is 21.3 Å². The number of aliphatic hydroxyl groups is 1. The van der Waals surface area contributed by atoms with E-state index in [2.05, 4.69) is 15.9 Å². The highest BCUT2D eigenvalue weighted by Gasteiger charge is 2.19. The maximum Gasteiger partial charge on any atom is 0.162 e. The summed E-state index contributed by atoms with van der Waals surface area (Å²) >= 11 is 3.49. The molecule has 0 bridgehead atoms. The van der Waals surface area contributed by atoms with E-state index < -0.39 is 6.10 Å². The number of benzene rings is 2. The lowest BCUT2D eigenvalue weighted by Crippen LogP contribution is -2.16. The molecule has 0 aromatic heterocycles. The van der Waals surface area contributed by atoms with Crippen molar-refractivity contribution in [2.45, 2.75) is 12.5 Å². The minimum absolute atomic E-state index is 0.544. The number of fused-ring (bicyclic) bond motifs is 1. The number of halogens is 1. The van der Waals surface area contributed by atoms with Gasteiger partial charge in [0.25, 0.3) is 0 Å². The van der Waals surface area contributed by atoms with Gasteiger partial charge in [-0.05, 0) is 23.3 Å². The van der Waals surface area contributed by atoms with Crippen LogP contribution in [0.3, 0.4) is 0 Å². The first-order chi connectivity index (χ1) is 9.74. The van der Waals surface area contributed by atoms with Crippen LogP contribution in [0.2, 0.25) is 0 Å². The molecule has 0 fully saturated rings. The second kappa shape index (κ2) is 5.85. The summed E-state index contributed by atoms with van der Waals surface area (Å²) < 4.78 is 11.9. The van der Waals surface area contributed by atoms with Gasteiger partial charge >= 0.3 is 0 Å². The highest BCUT2D eigenvalue weighted by Crippen LogP contribution is 2.38. The van der Waals surface area contributed by atoms with E-state index in [-0.39, 0.29) is 0 Å². The van der Waals surface area contributed by atoms with Gasteiger partial charge in [-0.15, -0.1) is 0 Å². The van der Waals surface area contributed by atoms with E-state index in [1.165, 1.54) is 0 Å². The lowest BCUT2D eigenvalue weighted by molar-refractivity contribution is 0.164. The van der Waals surface area contributed by atoms with E-state index in [1.807, 2.05) is 42.5 Å². The summed E-state index contributed by atoms with van der Waals surface area (Å²) in [6.07, 6.45) is -0.0124. The third kappa shape index (κ3) is 2.81. The molecule has 0 saturated heterocycles. The molecule has 0 aliphatic carbocycles. The molecule has 104 valence electrons. The summed E-state index contributed by atoms with van der Waals surface area (Å²) in [6.45, 7) is 1.11. The fourth-order valence-electron chi connectivity index (χ4n) is 2.28. The maximum absolute atomic E-state index is 10.4. The minimum atomic E-state index is -0.581. The monoisotopic (exact) mass is 334 g/mol. The molecule has 2 aromatic rings. The Morgan fingerprint density at radius 3 is 2.40 bits per heavy atom. The number of hydrogen-bond donors (Lipinski definition) is 1. The second-order valence-electron chi connectivity index (χ2n) is 4.72. The van der Waals surface area contributed by atoms with Crippen molar-refractivity contribution < 1.29 is 14.6 Å². The predicted molar refractivity (Wildman–Crippen MR) is 80.2 cm³/mol. The standard InChI is InChI=1S/C16H15BrO3/c17-13-10-16-15(19-6-7-20-16)9-12(13)14(18)8-11-4-2-1-3-5-11/h1-5,9-10,14,18H,6-8H2/t14-/m0/s1. The highest BCUT2D eigenvalue weighted by atomic mass is 79.9. The molecule has 1 atom stereocenters. The highest BCUT2D eigenvalue weighted by molar-refractivity contribution is 9.10. The van der Waals surface area contributed by atoms with E-state index in [9.17, 15) is 5.11 Å². The van der Waals surface area contributed by atoms with Gasteiger partial charge in [0, 0.05) is 10.9 Å². The molecule has 3 rings (SSSR count). The lowest BCUT2D eigenvalue weighted by atomic mass is 10.0. The van der Waals surface area contributed by atoms with E-state index in [0.29, 0.717) is 25.4 Å². The zero-order valence-corrected chi connectivity index (χ0v) is 12.5. The Balaban J connectivity index is 1.86. The minimum Gasteiger partial charge on any atom is -0.486 e. The van der Waals surface area contributed by atoms with Crippen LogP contribution in [-0.2, 0) is 6.42 Å². The van der Waals surface area contributed by atoms with Gasteiger partial charge in [-0.3, -0.25) is 0 Å². The first kappa shape index (κ1) is 13.5. The van der Waals surface area contributed by atoms with Gasteiger partial charge < -0.3 is 14.6 Å². The number of rotatable bonds is 3. The van der Waals surface area contributed by atoms with Gasteiger partial charge in [0.2, 0.25) is 0 Å². The van der Waals surface area contributed by atoms with Gasteiger partial charge in [-0.2, -0.15) is 0 Å². The molecular formula is C16H15BrO3. The lowest BCUT2D eigenvalue weighted by Gasteiger charge is -2.21. The molecule has 3 nitrogen and oxygen atoms in total. The summed E-state index contributed by atoms with van der Waals surface area (Å²) in [5.41, 5.74) is 1.92. The summed E-state index contributed by atoms with van der Waals surface area (Å²) in [5.74, 6) is 1.42. The molecule has 1 N–H and O–H groups in total. The number of hydrogen-bond acceptors (Lipinski definition) is 3. The molecule has 4 heteroatoms. The Morgan fingerprint density at radius 2 is 1.70 bits per heavy atom. The van der Waals surface area contributed by atoms with Crippen LogP contribution in [0.1, 0.15) is 17.2 Å². The summed E-state index contributed by atoms with van der Waals surface area (Å²) in [6, 6.07) is 13.6. The fraction of sp³-hybridized carbons (Fsp3) is 0.250. The summed E-state index contributed by atoms with van der Waals surface area (Å²) in [5, 5.41) is 10.4. The quantitative estimate of drug-likeness (QED) is 0.933. The van der Waals surface area contributed by atoms with Crippen LogP contribution in [-0.4, -0.2) is 18.3 Å². The topological polar surface area (TPSA) is 38.7 Å². The zero-order valence-electron chi connectivity index (χ0n) is 10.9. The molecule has 1 heterocycles. The van der Waals surface area contributed by atoms with Crippen LogP contribution < -0.4 is 9.47 Å². The van der Waals surface area contributed by atoms with Crippen molar-refractivity contribution in [3.63, 3.8) is 0 Å². The Kier molecular flexibility index (Phi) is 3.94. The van der Waals surface area contributed by atoms with Crippen molar-refractivity contribution in [1.29, 1.82) is 0 Å². The Hall–Kier alpha value is -1.52. The van der Waals surface area contributed by atoms with Crippen LogP contribution in [0.4, 0.5) is 0 Å². The molecule has 0 unspecified atom stereocenters. The van der Waals surface area contributed by atoms with Crippen LogP contribution in [0.5, 0.6) is 11.5 Å². The van der Waals surface area contributed by atoms with Gasteiger partial charge in [0.05, 0.1) is 6.10 Å². The SMILES string of the molecule is O[C@@H](Cc1ccccc1)c1cc2c(cc1Br)OCCO2. The molecule has 2 aromatic carbocycles. The second-order valence-corrected chi connectivity index (χ2v) is 5.58. The zero-order chi connectivity index (χ0) is 13.9. The largest absolute Gasteiger partial charge is 0.486 e. The summed E-state index contributed by atoms with van der Waals surface area (Å²) in [7, 11) is 0. The van der Waals surface area contributed by atoms with Crippen molar-refractivity contribution in [2.24, 2.45) is 0 Å². The molecule has 0 radical (unpaired) electrons. The normalized spacial score (nSPS) is 14.9. The van der Waals surface area contributed by atoms with Gasteiger partial charge in [-0.1, -0.05) is 46.3 Å². The average Bonchev–Trinajstić information content (AvgIpc) is 2.47. The summed E-state index contributed by atoms with van der Waals surface area (Å²) in [4.78, 5) is 0. The van der Waals surface area contributed by atoms with Crippen molar-refractivity contribution in [1.82, 2.24) is 0 Å². The van der Waals surface area contributed by atoms with Crippen molar-refractivity contribution >= 4 is 15.9 Å². The molecular weight excluding hydrogens is 320 g/mol. The Morgan fingerprint density at radius 1 is 1.05 bits per heavy atom. The van der Waals surface area contributed by atoms with Crippen LogP contribution >= 0.6 is 15.9 Å². The molecule has 1 aliphatic heterocycles. The smallest absolute Gasteiger partial charge is 0.162 e. The Labute approximate surface area is 126 Å². The van der Waals surface area contributed by atoms with Crippen molar-refractivity contribution in [2.75, 3.05) is 13.2 Å². The van der Waals surface area contributed by atoms with E-state index in [4.69, 9.17) is 9.47 Å². The van der Waals surface area contributed by atoms with Crippen LogP contribution in [0.15, 0.2) is 46.9 Å². The maximum atomic E-state index is 10.4. The molecule has 20 heavy (non-hydrogen) atoms. The molecule has 0 saturated carbocycles. The Bertz CT molecular complexity index is 598. The van der Waals surface area contributed by atoms with E-state index >= 15 is 0 Å². The molecule has 1 aliphatic rings. The van der Waals surface area contributed by atoms with Crippen molar-refractivity contribution in [3.8, 4) is 11.5 Å². The number of ether oxygens (including phenoxy) is 2.